The minimum Gasteiger partial charge on any atom is -0.501 e. The van der Waals surface area contributed by atoms with Crippen molar-refractivity contribution in [1.29, 1.82) is 0 Å². The van der Waals surface area contributed by atoms with Crippen LogP contribution < -0.4 is 0 Å². The molecule has 2 aliphatic rings. The van der Waals surface area contributed by atoms with E-state index < -0.39 is 0 Å². The lowest BCUT2D eigenvalue weighted by atomic mass is 9.91. The van der Waals surface area contributed by atoms with E-state index >= 15 is 0 Å². The van der Waals surface area contributed by atoms with Crippen molar-refractivity contribution in [1.82, 2.24) is 0 Å². The molecule has 0 saturated carbocycles. The van der Waals surface area contributed by atoms with Gasteiger partial charge in [0.25, 0.3) is 0 Å². The van der Waals surface area contributed by atoms with Crippen LogP contribution in [0.1, 0.15) is 38.5 Å². The minimum atomic E-state index is 0.913. The fraction of sp³-hybridized carbons (Fsp3) is 0.636. The Labute approximate surface area is 74.1 Å². The van der Waals surface area contributed by atoms with Gasteiger partial charge in [0.1, 0.15) is 0 Å². The summed E-state index contributed by atoms with van der Waals surface area (Å²) in [5.41, 5.74) is 3.02. The molecule has 0 aromatic carbocycles. The van der Waals surface area contributed by atoms with Gasteiger partial charge in [-0.25, -0.2) is 0 Å². The van der Waals surface area contributed by atoms with Crippen LogP contribution in [-0.2, 0) is 4.74 Å². The van der Waals surface area contributed by atoms with E-state index in [-0.39, 0.29) is 0 Å². The van der Waals surface area contributed by atoms with Crippen molar-refractivity contribution < 1.29 is 4.74 Å². The third-order valence-corrected chi connectivity index (χ3v) is 2.64. The second-order valence-corrected chi connectivity index (χ2v) is 3.59. The highest BCUT2D eigenvalue weighted by atomic mass is 16.5. The number of allylic oxidation sites excluding steroid dienone is 3. The summed E-state index contributed by atoms with van der Waals surface area (Å²) in [7, 11) is 0. The molecule has 0 spiro atoms. The maximum Gasteiger partial charge on any atom is 0.0876 e. The van der Waals surface area contributed by atoms with Gasteiger partial charge in [0.2, 0.25) is 0 Å². The minimum absolute atomic E-state index is 0.913. The van der Waals surface area contributed by atoms with E-state index in [2.05, 4.69) is 6.08 Å². The monoisotopic (exact) mass is 164 g/mol. The fourth-order valence-electron chi connectivity index (χ4n) is 1.93. The lowest BCUT2D eigenvalue weighted by Crippen LogP contribution is -2.03. The Balaban J connectivity index is 2.06. The molecule has 1 nitrogen and oxygen atoms in total. The maximum atomic E-state index is 5.33. The van der Waals surface area contributed by atoms with E-state index in [0.717, 1.165) is 6.61 Å². The van der Waals surface area contributed by atoms with Crippen molar-refractivity contribution in [3.63, 3.8) is 0 Å². The highest BCUT2D eigenvalue weighted by molar-refractivity contribution is 5.31. The number of rotatable bonds is 1. The molecule has 1 aliphatic carbocycles. The number of ether oxygens (including phenoxy) is 1. The predicted octanol–water partition coefficient (Wildman–Crippen LogP) is 3.18. The number of hydrogen-bond acceptors (Lipinski definition) is 1. The fourth-order valence-corrected chi connectivity index (χ4v) is 1.93. The van der Waals surface area contributed by atoms with Crippen LogP contribution in [0, 0.1) is 0 Å². The molecule has 0 amide bonds. The zero-order chi connectivity index (χ0) is 8.23. The van der Waals surface area contributed by atoms with Gasteiger partial charge >= 0.3 is 0 Å². The van der Waals surface area contributed by atoms with Gasteiger partial charge < -0.3 is 4.74 Å². The third kappa shape index (κ3) is 1.71. The highest BCUT2D eigenvalue weighted by Crippen LogP contribution is 2.28. The SMILES string of the molecule is C1=C(C2=COCCC2)CCCC1. The van der Waals surface area contributed by atoms with E-state index in [1.165, 1.54) is 44.1 Å². The van der Waals surface area contributed by atoms with Crippen molar-refractivity contribution in [3.8, 4) is 0 Å². The Morgan fingerprint density at radius 2 is 1.92 bits per heavy atom. The standard InChI is InChI=1S/C11H16O/c1-2-5-10(6-3-1)11-7-4-8-12-9-11/h5,9H,1-4,6-8H2. The summed E-state index contributed by atoms with van der Waals surface area (Å²) in [5.74, 6) is 0. The summed E-state index contributed by atoms with van der Waals surface area (Å²) in [6, 6.07) is 0. The molecule has 1 heterocycles. The quantitative estimate of drug-likeness (QED) is 0.578. The average Bonchev–Trinajstić information content (AvgIpc) is 2.21. The molecule has 0 saturated heterocycles. The molecule has 0 N–H and O–H groups in total. The molecule has 0 aromatic rings. The molecule has 0 aromatic heterocycles. The topological polar surface area (TPSA) is 9.23 Å². The Kier molecular flexibility index (Phi) is 2.50. The smallest absolute Gasteiger partial charge is 0.0876 e. The van der Waals surface area contributed by atoms with Gasteiger partial charge in [0.05, 0.1) is 12.9 Å². The molecule has 12 heavy (non-hydrogen) atoms. The van der Waals surface area contributed by atoms with E-state index in [0.29, 0.717) is 0 Å². The van der Waals surface area contributed by atoms with Crippen molar-refractivity contribution >= 4 is 0 Å². The Morgan fingerprint density at radius 1 is 1.00 bits per heavy atom. The van der Waals surface area contributed by atoms with Crippen LogP contribution in [0.3, 0.4) is 0 Å². The lowest BCUT2D eigenvalue weighted by molar-refractivity contribution is 0.225. The van der Waals surface area contributed by atoms with E-state index in [4.69, 9.17) is 4.74 Å². The largest absolute Gasteiger partial charge is 0.501 e. The first kappa shape index (κ1) is 7.90. The van der Waals surface area contributed by atoms with Crippen LogP contribution >= 0.6 is 0 Å². The second-order valence-electron chi connectivity index (χ2n) is 3.59. The Morgan fingerprint density at radius 3 is 2.58 bits per heavy atom. The van der Waals surface area contributed by atoms with Crippen molar-refractivity contribution in [2.24, 2.45) is 0 Å². The molecule has 2 rings (SSSR count). The first-order chi connectivity index (χ1) is 5.97. The highest BCUT2D eigenvalue weighted by Gasteiger charge is 2.11. The molecule has 0 unspecified atom stereocenters. The van der Waals surface area contributed by atoms with Crippen molar-refractivity contribution in [2.45, 2.75) is 38.5 Å². The summed E-state index contributed by atoms with van der Waals surface area (Å²) in [6.45, 7) is 0.913. The van der Waals surface area contributed by atoms with Gasteiger partial charge in [-0.05, 0) is 49.7 Å². The van der Waals surface area contributed by atoms with Crippen LogP contribution in [-0.4, -0.2) is 6.61 Å². The van der Waals surface area contributed by atoms with Gasteiger partial charge in [-0.3, -0.25) is 0 Å². The van der Waals surface area contributed by atoms with Gasteiger partial charge in [0, 0.05) is 0 Å². The van der Waals surface area contributed by atoms with Crippen LogP contribution in [0.25, 0.3) is 0 Å². The van der Waals surface area contributed by atoms with Gasteiger partial charge in [-0.15, -0.1) is 0 Å². The summed E-state index contributed by atoms with van der Waals surface area (Å²) in [6.07, 6.45) is 12.1. The molecular weight excluding hydrogens is 148 g/mol. The Bertz CT molecular complexity index is 189. The summed E-state index contributed by atoms with van der Waals surface area (Å²) < 4.78 is 5.33. The number of hydrogen-bond donors (Lipinski definition) is 0. The van der Waals surface area contributed by atoms with Crippen molar-refractivity contribution in [2.75, 3.05) is 6.61 Å². The van der Waals surface area contributed by atoms with E-state index in [1.54, 1.807) is 5.57 Å². The average molecular weight is 164 g/mol. The predicted molar refractivity (Wildman–Crippen MR) is 49.8 cm³/mol. The molecule has 0 atom stereocenters. The van der Waals surface area contributed by atoms with Crippen LogP contribution in [0.4, 0.5) is 0 Å². The lowest BCUT2D eigenvalue weighted by Gasteiger charge is -2.19. The van der Waals surface area contributed by atoms with Crippen LogP contribution in [0.2, 0.25) is 0 Å². The van der Waals surface area contributed by atoms with Crippen molar-refractivity contribution in [3.05, 3.63) is 23.5 Å². The first-order valence-corrected chi connectivity index (χ1v) is 4.97. The molecule has 0 fully saturated rings. The Hall–Kier alpha value is -0.720. The molecular formula is C11H16O. The van der Waals surface area contributed by atoms with E-state index in [1.807, 2.05) is 6.26 Å². The molecule has 0 radical (unpaired) electrons. The van der Waals surface area contributed by atoms with Gasteiger partial charge in [-0.2, -0.15) is 0 Å². The summed E-state index contributed by atoms with van der Waals surface area (Å²) >= 11 is 0. The van der Waals surface area contributed by atoms with Crippen LogP contribution in [0.5, 0.6) is 0 Å². The third-order valence-electron chi connectivity index (χ3n) is 2.64. The first-order valence-electron chi connectivity index (χ1n) is 4.97. The summed E-state index contributed by atoms with van der Waals surface area (Å²) in [5, 5.41) is 0. The molecule has 1 heteroatoms. The maximum absolute atomic E-state index is 5.33. The zero-order valence-electron chi connectivity index (χ0n) is 7.51. The molecule has 66 valence electrons. The van der Waals surface area contributed by atoms with E-state index in [9.17, 15) is 0 Å². The van der Waals surface area contributed by atoms with Gasteiger partial charge in [-0.1, -0.05) is 6.08 Å². The second kappa shape index (κ2) is 3.79. The van der Waals surface area contributed by atoms with Crippen LogP contribution in [0.15, 0.2) is 23.5 Å². The normalized spacial score (nSPS) is 24.0. The molecule has 0 bridgehead atoms. The van der Waals surface area contributed by atoms with Gasteiger partial charge in [0.15, 0.2) is 0 Å². The summed E-state index contributed by atoms with van der Waals surface area (Å²) in [4.78, 5) is 0. The zero-order valence-corrected chi connectivity index (χ0v) is 7.51. The molecule has 1 aliphatic heterocycles.